The van der Waals surface area contributed by atoms with E-state index in [9.17, 15) is 12.3 Å². The van der Waals surface area contributed by atoms with Crippen LogP contribution in [0.5, 0.6) is 5.75 Å². The summed E-state index contributed by atoms with van der Waals surface area (Å²) in [7, 11) is -4.37. The van der Waals surface area contributed by atoms with Gasteiger partial charge in [-0.3, -0.25) is 0 Å². The molecule has 6 heteroatoms. The summed E-state index contributed by atoms with van der Waals surface area (Å²) in [5.41, 5.74) is 0. The van der Waals surface area contributed by atoms with Crippen LogP contribution < -0.4 is 4.74 Å². The van der Waals surface area contributed by atoms with Crippen molar-refractivity contribution in [3.8, 4) is 5.75 Å². The Morgan fingerprint density at radius 3 is 2.40 bits per heavy atom. The fraction of sp³-hybridized carbons (Fsp3) is 0.333. The van der Waals surface area contributed by atoms with Crippen molar-refractivity contribution in [2.24, 2.45) is 0 Å². The lowest BCUT2D eigenvalue weighted by molar-refractivity contribution is 0.317. The Morgan fingerprint density at radius 2 is 1.87 bits per heavy atom. The van der Waals surface area contributed by atoms with Crippen LogP contribution in [0, 0.1) is 0 Å². The van der Waals surface area contributed by atoms with Gasteiger partial charge in [-0.25, -0.2) is 0 Å². The second-order valence-corrected chi connectivity index (χ2v) is 5.30. The van der Waals surface area contributed by atoms with Gasteiger partial charge in [0, 0.05) is 4.47 Å². The van der Waals surface area contributed by atoms with Gasteiger partial charge < -0.3 is 4.74 Å². The van der Waals surface area contributed by atoms with Gasteiger partial charge in [-0.2, -0.15) is 8.42 Å². The Morgan fingerprint density at radius 1 is 1.27 bits per heavy atom. The molecule has 0 unspecified atom stereocenters. The fourth-order valence-electron chi connectivity index (χ4n) is 0.952. The molecule has 3 nitrogen and oxygen atoms in total. The van der Waals surface area contributed by atoms with Crippen molar-refractivity contribution >= 4 is 26.2 Å². The van der Waals surface area contributed by atoms with Crippen LogP contribution in [0.25, 0.3) is 0 Å². The van der Waals surface area contributed by atoms with Gasteiger partial charge in [0.05, 0.1) is 12.4 Å². The molecule has 0 fully saturated rings. The van der Waals surface area contributed by atoms with Gasteiger partial charge in [-0.05, 0) is 30.7 Å². The highest BCUT2D eigenvalue weighted by atomic mass is 79.9. The van der Waals surface area contributed by atoms with E-state index in [1.165, 1.54) is 0 Å². The van der Waals surface area contributed by atoms with E-state index < -0.39 is 16.0 Å². The minimum atomic E-state index is -4.37. The molecule has 0 heterocycles. The fourth-order valence-corrected chi connectivity index (χ4v) is 1.68. The summed E-state index contributed by atoms with van der Waals surface area (Å²) in [6.07, 6.45) is 0.148. The van der Waals surface area contributed by atoms with Crippen LogP contribution in [0.2, 0.25) is 0 Å². The van der Waals surface area contributed by atoms with Gasteiger partial charge in [0.1, 0.15) is 5.75 Å². The van der Waals surface area contributed by atoms with Crippen molar-refractivity contribution in [2.45, 2.75) is 6.42 Å². The smallest absolute Gasteiger partial charge is 0.302 e. The second-order valence-electron chi connectivity index (χ2n) is 2.90. The number of hydrogen-bond acceptors (Lipinski definition) is 3. The minimum Gasteiger partial charge on any atom is -0.494 e. The Kier molecular flexibility index (Phi) is 4.53. The van der Waals surface area contributed by atoms with Crippen molar-refractivity contribution < 1.29 is 17.0 Å². The maximum absolute atomic E-state index is 12.1. The molecule has 0 saturated carbocycles. The number of ether oxygens (including phenoxy) is 1. The Hall–Kier alpha value is -0.620. The predicted molar refractivity (Wildman–Crippen MR) is 59.1 cm³/mol. The molecule has 0 N–H and O–H groups in total. The molecule has 0 saturated heterocycles. The Bertz CT molecular complexity index is 402. The van der Waals surface area contributed by atoms with Gasteiger partial charge in [-0.1, -0.05) is 15.9 Å². The highest BCUT2D eigenvalue weighted by molar-refractivity contribution is 9.10. The van der Waals surface area contributed by atoms with Gasteiger partial charge in [0.2, 0.25) is 0 Å². The number of hydrogen-bond donors (Lipinski definition) is 0. The van der Waals surface area contributed by atoms with Crippen LogP contribution >= 0.6 is 15.9 Å². The summed E-state index contributed by atoms with van der Waals surface area (Å²) in [5.74, 6) is 0.137. The maximum Gasteiger partial charge on any atom is 0.302 e. The summed E-state index contributed by atoms with van der Waals surface area (Å²) >= 11 is 3.27. The largest absolute Gasteiger partial charge is 0.494 e. The highest BCUT2D eigenvalue weighted by Gasteiger charge is 2.05. The first-order valence-corrected chi connectivity index (χ1v) is 6.63. The zero-order chi connectivity index (χ0) is 11.3. The first kappa shape index (κ1) is 12.4. The highest BCUT2D eigenvalue weighted by Crippen LogP contribution is 2.16. The number of halogens is 2. The van der Waals surface area contributed by atoms with Gasteiger partial charge in [0.15, 0.2) is 0 Å². The minimum absolute atomic E-state index is 0.148. The third-order valence-electron chi connectivity index (χ3n) is 1.61. The average molecular weight is 297 g/mol. The molecule has 1 aromatic rings. The van der Waals surface area contributed by atoms with E-state index in [-0.39, 0.29) is 13.0 Å². The van der Waals surface area contributed by atoms with Crippen LogP contribution in [0.4, 0.5) is 3.89 Å². The molecule has 1 aromatic carbocycles. The average Bonchev–Trinajstić information content (AvgIpc) is 2.14. The Labute approximate surface area is 96.6 Å². The molecule has 0 atom stereocenters. The van der Waals surface area contributed by atoms with E-state index >= 15 is 0 Å². The van der Waals surface area contributed by atoms with Crippen LogP contribution in [-0.4, -0.2) is 20.8 Å². The third-order valence-corrected chi connectivity index (χ3v) is 2.92. The van der Waals surface area contributed by atoms with E-state index in [1.807, 2.05) is 0 Å². The number of rotatable bonds is 5. The van der Waals surface area contributed by atoms with Crippen LogP contribution in [0.3, 0.4) is 0 Å². The second kappa shape index (κ2) is 5.46. The zero-order valence-electron chi connectivity index (χ0n) is 7.82. The van der Waals surface area contributed by atoms with Crippen LogP contribution in [-0.2, 0) is 10.2 Å². The molecule has 0 bridgehead atoms. The van der Waals surface area contributed by atoms with E-state index in [0.29, 0.717) is 5.75 Å². The van der Waals surface area contributed by atoms with Crippen molar-refractivity contribution in [2.75, 3.05) is 12.4 Å². The molecule has 0 aromatic heterocycles. The van der Waals surface area contributed by atoms with Crippen molar-refractivity contribution in [3.63, 3.8) is 0 Å². The lowest BCUT2D eigenvalue weighted by Gasteiger charge is -2.04. The van der Waals surface area contributed by atoms with Crippen molar-refractivity contribution in [3.05, 3.63) is 28.7 Å². The molecular formula is C9H10BrFO3S. The van der Waals surface area contributed by atoms with E-state index in [2.05, 4.69) is 15.9 Å². The molecule has 0 amide bonds. The summed E-state index contributed by atoms with van der Waals surface area (Å²) in [6.45, 7) is 0.185. The molecule has 15 heavy (non-hydrogen) atoms. The molecule has 84 valence electrons. The lowest BCUT2D eigenvalue weighted by Crippen LogP contribution is -2.05. The molecule has 0 aliphatic rings. The number of benzene rings is 1. The SMILES string of the molecule is O=S(=O)(F)CCCOc1ccc(Br)cc1. The summed E-state index contributed by atoms with van der Waals surface area (Å²) in [5, 5.41) is 0. The van der Waals surface area contributed by atoms with E-state index in [1.54, 1.807) is 24.3 Å². The van der Waals surface area contributed by atoms with Crippen LogP contribution in [0.15, 0.2) is 28.7 Å². The molecule has 0 aliphatic carbocycles. The molecule has 0 radical (unpaired) electrons. The topological polar surface area (TPSA) is 43.4 Å². The zero-order valence-corrected chi connectivity index (χ0v) is 10.2. The monoisotopic (exact) mass is 296 g/mol. The molecule has 1 rings (SSSR count). The predicted octanol–water partition coefficient (Wildman–Crippen LogP) is 2.52. The lowest BCUT2D eigenvalue weighted by atomic mass is 10.3. The molecular weight excluding hydrogens is 287 g/mol. The molecule has 0 aliphatic heterocycles. The summed E-state index contributed by atoms with van der Waals surface area (Å²) in [6, 6.07) is 7.10. The normalized spacial score (nSPS) is 11.3. The van der Waals surface area contributed by atoms with Crippen LogP contribution in [0.1, 0.15) is 6.42 Å². The van der Waals surface area contributed by atoms with E-state index in [0.717, 1.165) is 4.47 Å². The maximum atomic E-state index is 12.1. The quantitative estimate of drug-likeness (QED) is 0.619. The van der Waals surface area contributed by atoms with Crippen molar-refractivity contribution in [1.29, 1.82) is 0 Å². The summed E-state index contributed by atoms with van der Waals surface area (Å²) < 4.78 is 38.5. The van der Waals surface area contributed by atoms with Gasteiger partial charge in [-0.15, -0.1) is 3.89 Å². The first-order chi connectivity index (χ1) is 6.97. The third kappa shape index (κ3) is 5.74. The van der Waals surface area contributed by atoms with Crippen molar-refractivity contribution in [1.82, 2.24) is 0 Å². The first-order valence-electron chi connectivity index (χ1n) is 4.28. The Balaban J connectivity index is 2.29. The summed E-state index contributed by atoms with van der Waals surface area (Å²) in [4.78, 5) is 0. The van der Waals surface area contributed by atoms with Gasteiger partial charge in [0.25, 0.3) is 0 Å². The molecule has 0 spiro atoms. The standard InChI is InChI=1S/C9H10BrFO3S/c10-8-2-4-9(5-3-8)14-6-1-7-15(11,12)13/h2-5H,1,6-7H2. The van der Waals surface area contributed by atoms with Gasteiger partial charge >= 0.3 is 10.2 Å². The van der Waals surface area contributed by atoms with E-state index in [4.69, 9.17) is 4.74 Å².